The van der Waals surface area contributed by atoms with Crippen LogP contribution in [0.15, 0.2) is 115 Å². The van der Waals surface area contributed by atoms with Gasteiger partial charge in [0.05, 0.1) is 12.5 Å². The Bertz CT molecular complexity index is 1590. The summed E-state index contributed by atoms with van der Waals surface area (Å²) in [4.78, 5) is 35.2. The van der Waals surface area contributed by atoms with E-state index in [0.29, 0.717) is 26.1 Å². The molecule has 4 aromatic carbocycles. The molecule has 0 spiro atoms. The van der Waals surface area contributed by atoms with Gasteiger partial charge in [0, 0.05) is 36.7 Å². The van der Waals surface area contributed by atoms with E-state index < -0.39 is 5.92 Å². The van der Waals surface area contributed by atoms with Crippen molar-refractivity contribution < 1.29 is 14.0 Å². The molecule has 1 N–H and O–H groups in total. The third-order valence-electron chi connectivity index (χ3n) is 7.70. The Morgan fingerprint density at radius 3 is 2.00 bits per heavy atom. The summed E-state index contributed by atoms with van der Waals surface area (Å²) >= 11 is 0. The predicted molar refractivity (Wildman–Crippen MR) is 170 cm³/mol. The number of H-pyrrole nitrogens is 1. The lowest BCUT2D eigenvalue weighted by Crippen LogP contribution is -2.46. The quantitative estimate of drug-likeness (QED) is 0.171. The molecule has 0 aliphatic heterocycles. The molecule has 5 rings (SSSR count). The highest BCUT2D eigenvalue weighted by Gasteiger charge is 2.30. The summed E-state index contributed by atoms with van der Waals surface area (Å²) in [5.41, 5.74) is 4.79. The number of aromatic nitrogens is 1. The molecule has 5 nitrogen and oxygen atoms in total. The first kappa shape index (κ1) is 29.8. The van der Waals surface area contributed by atoms with Gasteiger partial charge < -0.3 is 14.8 Å². The highest BCUT2D eigenvalue weighted by Crippen LogP contribution is 2.27. The number of hydrogen-bond acceptors (Lipinski definition) is 2. The molecule has 220 valence electrons. The lowest BCUT2D eigenvalue weighted by atomic mass is 9.89. The van der Waals surface area contributed by atoms with Crippen LogP contribution in [0.1, 0.15) is 42.0 Å². The molecular weight excluding hydrogens is 537 g/mol. The number of nitrogens with one attached hydrogen (secondary N) is 1. The fraction of sp³-hybridized carbons (Fsp3) is 0.243. The fourth-order valence-corrected chi connectivity index (χ4v) is 5.58. The second kappa shape index (κ2) is 14.0. The summed E-state index contributed by atoms with van der Waals surface area (Å²) in [6, 6.07) is 33.8. The van der Waals surface area contributed by atoms with Crippen molar-refractivity contribution in [3.05, 3.63) is 143 Å². The van der Waals surface area contributed by atoms with Gasteiger partial charge in [0.25, 0.3) is 0 Å². The molecule has 0 saturated carbocycles. The van der Waals surface area contributed by atoms with Crippen LogP contribution in [0.5, 0.6) is 0 Å². The minimum Gasteiger partial charge on any atom is -0.361 e. The van der Waals surface area contributed by atoms with E-state index in [0.717, 1.165) is 33.2 Å². The predicted octanol–water partition coefficient (Wildman–Crippen LogP) is 7.20. The fourth-order valence-electron chi connectivity index (χ4n) is 5.58. The zero-order valence-corrected chi connectivity index (χ0v) is 24.7. The molecule has 6 heteroatoms. The molecule has 1 heterocycles. The van der Waals surface area contributed by atoms with E-state index >= 15 is 0 Å². The maximum absolute atomic E-state index is 14.3. The SMILES string of the molecule is CC(C)CN(CC(=O)N(CCc1c[nH]c2ccccc12)Cc1ccc(F)cc1)C(=O)C(c1ccccc1)c1ccccc1. The molecule has 0 unspecified atom stereocenters. The normalized spacial score (nSPS) is 11.3. The van der Waals surface area contributed by atoms with Gasteiger partial charge in [-0.15, -0.1) is 0 Å². The van der Waals surface area contributed by atoms with Crippen LogP contribution in [0.4, 0.5) is 4.39 Å². The molecule has 0 radical (unpaired) electrons. The molecule has 0 atom stereocenters. The highest BCUT2D eigenvalue weighted by molar-refractivity contribution is 5.91. The zero-order valence-electron chi connectivity index (χ0n) is 24.7. The number of aromatic amines is 1. The highest BCUT2D eigenvalue weighted by atomic mass is 19.1. The van der Waals surface area contributed by atoms with Gasteiger partial charge in [-0.3, -0.25) is 9.59 Å². The topological polar surface area (TPSA) is 56.4 Å². The molecule has 0 fully saturated rings. The zero-order chi connectivity index (χ0) is 30.2. The van der Waals surface area contributed by atoms with Gasteiger partial charge in [-0.1, -0.05) is 105 Å². The van der Waals surface area contributed by atoms with Gasteiger partial charge in [0.1, 0.15) is 5.82 Å². The number of benzene rings is 4. The van der Waals surface area contributed by atoms with E-state index in [1.165, 1.54) is 12.1 Å². The van der Waals surface area contributed by atoms with E-state index in [2.05, 4.69) is 24.9 Å². The second-order valence-corrected chi connectivity index (χ2v) is 11.4. The Balaban J connectivity index is 1.42. The van der Waals surface area contributed by atoms with Crippen molar-refractivity contribution in [2.45, 2.75) is 32.7 Å². The van der Waals surface area contributed by atoms with Crippen LogP contribution in [0.2, 0.25) is 0 Å². The van der Waals surface area contributed by atoms with E-state index in [1.807, 2.05) is 85.1 Å². The van der Waals surface area contributed by atoms with Crippen molar-refractivity contribution in [1.29, 1.82) is 0 Å². The van der Waals surface area contributed by atoms with E-state index in [9.17, 15) is 14.0 Å². The summed E-state index contributed by atoms with van der Waals surface area (Å²) in [6.07, 6.45) is 2.63. The number of fused-ring (bicyclic) bond motifs is 1. The Hall–Kier alpha value is -4.71. The average Bonchev–Trinajstić information content (AvgIpc) is 3.44. The Kier molecular flexibility index (Phi) is 9.67. The summed E-state index contributed by atoms with van der Waals surface area (Å²) in [5, 5.41) is 1.13. The number of hydrogen-bond donors (Lipinski definition) is 1. The van der Waals surface area contributed by atoms with Gasteiger partial charge >= 0.3 is 0 Å². The van der Waals surface area contributed by atoms with Crippen LogP contribution in [0.3, 0.4) is 0 Å². The summed E-state index contributed by atoms with van der Waals surface area (Å²) in [5.74, 6) is -0.913. The van der Waals surface area contributed by atoms with Crippen molar-refractivity contribution in [3.8, 4) is 0 Å². The Morgan fingerprint density at radius 1 is 0.767 bits per heavy atom. The summed E-state index contributed by atoms with van der Waals surface area (Å²) < 4.78 is 13.7. The number of para-hydroxylation sites is 1. The van der Waals surface area contributed by atoms with Crippen LogP contribution in [-0.2, 0) is 22.6 Å². The summed E-state index contributed by atoms with van der Waals surface area (Å²) in [6.45, 7) is 5.31. The maximum atomic E-state index is 14.3. The largest absolute Gasteiger partial charge is 0.361 e. The average molecular weight is 576 g/mol. The molecule has 0 aliphatic carbocycles. The van der Waals surface area contributed by atoms with Crippen molar-refractivity contribution in [2.75, 3.05) is 19.6 Å². The number of carbonyl (C=O) groups excluding carboxylic acids is 2. The molecular formula is C37H38FN3O2. The van der Waals surface area contributed by atoms with E-state index in [4.69, 9.17) is 0 Å². The molecule has 0 bridgehead atoms. The first-order chi connectivity index (χ1) is 20.9. The molecule has 1 aromatic heterocycles. The Morgan fingerprint density at radius 2 is 1.37 bits per heavy atom. The molecule has 5 aromatic rings. The van der Waals surface area contributed by atoms with Crippen LogP contribution in [-0.4, -0.2) is 46.2 Å². The monoisotopic (exact) mass is 575 g/mol. The van der Waals surface area contributed by atoms with Crippen LogP contribution >= 0.6 is 0 Å². The smallest absolute Gasteiger partial charge is 0.242 e. The maximum Gasteiger partial charge on any atom is 0.242 e. The number of halogens is 1. The van der Waals surface area contributed by atoms with Crippen LogP contribution in [0.25, 0.3) is 10.9 Å². The van der Waals surface area contributed by atoms with E-state index in [-0.39, 0.29) is 30.1 Å². The lowest BCUT2D eigenvalue weighted by molar-refractivity contribution is -0.141. The first-order valence-electron chi connectivity index (χ1n) is 14.8. The molecule has 0 aliphatic rings. The van der Waals surface area contributed by atoms with Crippen LogP contribution in [0, 0.1) is 11.7 Å². The van der Waals surface area contributed by atoms with Gasteiger partial charge in [0.15, 0.2) is 0 Å². The molecule has 43 heavy (non-hydrogen) atoms. The standard InChI is InChI=1S/C37H38FN3O2/c1-27(2)24-41(37(43)36(29-11-5-3-6-12-29)30-13-7-4-8-14-30)26-35(42)40(25-28-17-19-32(38)20-18-28)22-21-31-23-39-34-16-10-9-15-33(31)34/h3-20,23,27,36,39H,21-22,24-26H2,1-2H3. The van der Waals surface area contributed by atoms with Gasteiger partial charge in [-0.2, -0.15) is 0 Å². The van der Waals surface area contributed by atoms with Gasteiger partial charge in [0.2, 0.25) is 11.8 Å². The Labute approximate surface area is 253 Å². The van der Waals surface area contributed by atoms with Gasteiger partial charge in [-0.05, 0) is 52.8 Å². The van der Waals surface area contributed by atoms with Crippen molar-refractivity contribution in [2.24, 2.45) is 5.92 Å². The van der Waals surface area contributed by atoms with Gasteiger partial charge in [-0.25, -0.2) is 4.39 Å². The third-order valence-corrected chi connectivity index (χ3v) is 7.70. The molecule has 0 saturated heterocycles. The number of carbonyl (C=O) groups is 2. The van der Waals surface area contributed by atoms with Crippen molar-refractivity contribution >= 4 is 22.7 Å². The molecule has 2 amide bonds. The summed E-state index contributed by atoms with van der Waals surface area (Å²) in [7, 11) is 0. The van der Waals surface area contributed by atoms with Crippen LogP contribution < -0.4 is 0 Å². The minimum absolute atomic E-state index is 0.0394. The number of rotatable bonds is 12. The van der Waals surface area contributed by atoms with Crippen molar-refractivity contribution in [1.82, 2.24) is 14.8 Å². The number of amides is 2. The number of nitrogens with zero attached hydrogens (tertiary/aromatic N) is 2. The first-order valence-corrected chi connectivity index (χ1v) is 14.8. The third kappa shape index (κ3) is 7.58. The lowest BCUT2D eigenvalue weighted by Gasteiger charge is -2.31. The van der Waals surface area contributed by atoms with Crippen molar-refractivity contribution in [3.63, 3.8) is 0 Å². The second-order valence-electron chi connectivity index (χ2n) is 11.4. The van der Waals surface area contributed by atoms with E-state index in [1.54, 1.807) is 21.9 Å². The minimum atomic E-state index is -0.522.